The summed E-state index contributed by atoms with van der Waals surface area (Å²) in [5.74, 6) is 0.239. The van der Waals surface area contributed by atoms with E-state index >= 15 is 0 Å². The molecule has 1 N–H and O–H groups in total. The van der Waals surface area contributed by atoms with Gasteiger partial charge in [-0.2, -0.15) is 0 Å². The van der Waals surface area contributed by atoms with E-state index in [4.69, 9.17) is 14.5 Å². The zero-order chi connectivity index (χ0) is 38.4. The number of amides is 1. The molecule has 9 nitrogen and oxygen atoms in total. The molecule has 1 saturated carbocycles. The lowest BCUT2D eigenvalue weighted by Crippen LogP contribution is -2.55. The molecule has 1 aliphatic carbocycles. The molecule has 2 aromatic heterocycles. The van der Waals surface area contributed by atoms with Crippen molar-refractivity contribution in [2.75, 3.05) is 20.2 Å². The third kappa shape index (κ3) is 7.77. The molecule has 0 spiro atoms. The van der Waals surface area contributed by atoms with Gasteiger partial charge in [-0.05, 0) is 140 Å². The third-order valence-electron chi connectivity index (χ3n) is 11.2. The van der Waals surface area contributed by atoms with Crippen LogP contribution in [0.15, 0.2) is 54.7 Å². The lowest BCUT2D eigenvalue weighted by Gasteiger charge is -2.47. The normalized spacial score (nSPS) is 18.6. The minimum Gasteiger partial charge on any atom is -0.465 e. The first-order valence-corrected chi connectivity index (χ1v) is 19.1. The molecule has 2 aromatic carbocycles. The van der Waals surface area contributed by atoms with Gasteiger partial charge in [0.2, 0.25) is 5.91 Å². The molecular weight excluding hydrogens is 665 g/mol. The summed E-state index contributed by atoms with van der Waals surface area (Å²) in [6.07, 6.45) is 5.82. The van der Waals surface area contributed by atoms with Gasteiger partial charge in [0.25, 0.3) is 0 Å². The van der Waals surface area contributed by atoms with E-state index in [1.54, 1.807) is 22.9 Å². The number of piperidine rings is 2. The number of benzene rings is 2. The molecule has 2 saturated heterocycles. The molecule has 4 heterocycles. The minimum atomic E-state index is -0.872. The van der Waals surface area contributed by atoms with E-state index in [0.29, 0.717) is 35.3 Å². The Labute approximate surface area is 314 Å². The van der Waals surface area contributed by atoms with Gasteiger partial charge in [-0.25, -0.2) is 14.2 Å². The maximum Gasteiger partial charge on any atom is 0.419 e. The molecule has 1 amide bonds. The SMILES string of the molecule is COC(=O)c1ccc(C(C)NCC(C)c2c(-c3cc(C)cc(C)c3)n(C(=O)OC(C)(C)C)c3cnc(C(C)(C)C(=O)N4CC5CCC4CC5)cc23)cc1. The molecule has 3 fully saturated rings. The molecule has 4 aromatic rings. The second kappa shape index (κ2) is 14.7. The van der Waals surface area contributed by atoms with Crippen LogP contribution in [0.25, 0.3) is 22.2 Å². The number of rotatable bonds is 9. The van der Waals surface area contributed by atoms with Crippen LogP contribution in [-0.2, 0) is 19.7 Å². The minimum absolute atomic E-state index is 0.0262. The summed E-state index contributed by atoms with van der Waals surface area (Å²) in [4.78, 5) is 47.7. The Hall–Kier alpha value is -4.50. The zero-order valence-electron chi connectivity index (χ0n) is 33.1. The highest BCUT2D eigenvalue weighted by Crippen LogP contribution is 2.42. The van der Waals surface area contributed by atoms with Crippen molar-refractivity contribution in [3.8, 4) is 11.3 Å². The number of aryl methyl sites for hydroxylation is 2. The number of ether oxygens (including phenoxy) is 2. The number of pyridine rings is 1. The second-order valence-corrected chi connectivity index (χ2v) is 16.9. The van der Waals surface area contributed by atoms with Crippen molar-refractivity contribution in [2.45, 2.75) is 117 Å². The molecule has 9 heteroatoms. The summed E-state index contributed by atoms with van der Waals surface area (Å²) in [7, 11) is 1.38. The van der Waals surface area contributed by atoms with E-state index in [9.17, 15) is 14.4 Å². The highest BCUT2D eigenvalue weighted by atomic mass is 16.6. The number of nitrogens with one attached hydrogen (secondary N) is 1. The van der Waals surface area contributed by atoms with Gasteiger partial charge < -0.3 is 19.7 Å². The van der Waals surface area contributed by atoms with Gasteiger partial charge >= 0.3 is 12.1 Å². The predicted octanol–water partition coefficient (Wildman–Crippen LogP) is 9.02. The van der Waals surface area contributed by atoms with Crippen molar-refractivity contribution in [2.24, 2.45) is 5.92 Å². The predicted molar refractivity (Wildman–Crippen MR) is 209 cm³/mol. The number of aromatic nitrogens is 2. The maximum absolute atomic E-state index is 14.4. The third-order valence-corrected chi connectivity index (χ3v) is 11.2. The first kappa shape index (κ1) is 38.2. The van der Waals surface area contributed by atoms with Crippen LogP contribution in [0.4, 0.5) is 4.79 Å². The average molecular weight is 721 g/mol. The standard InChI is InChI=1S/C44H56N4O5/c1-26-19-27(2)21-33(20-26)39-38(28(3)23-45-29(4)31-13-15-32(16-14-31)40(49)52-10)35-22-37(46-24-36(35)48(39)42(51)53-43(5,6)7)44(8,9)41(50)47-25-30-11-17-34(47)18-12-30/h13-16,19-22,24,28-30,34,45H,11-12,17-18,23,25H2,1-10H3. The van der Waals surface area contributed by atoms with Crippen molar-refractivity contribution in [3.63, 3.8) is 0 Å². The van der Waals surface area contributed by atoms with Crippen molar-refractivity contribution in [3.05, 3.63) is 88.2 Å². The van der Waals surface area contributed by atoms with Crippen LogP contribution >= 0.6 is 0 Å². The first-order valence-electron chi connectivity index (χ1n) is 19.1. The van der Waals surface area contributed by atoms with Gasteiger partial charge in [-0.1, -0.05) is 36.2 Å². The smallest absolute Gasteiger partial charge is 0.419 e. The topological polar surface area (TPSA) is 103 Å². The van der Waals surface area contributed by atoms with E-state index in [1.165, 1.54) is 20.0 Å². The molecule has 3 aliphatic rings. The molecule has 0 radical (unpaired) electrons. The highest BCUT2D eigenvalue weighted by molar-refractivity contribution is 6.00. The molecule has 2 bridgehead atoms. The second-order valence-electron chi connectivity index (χ2n) is 16.9. The first-order chi connectivity index (χ1) is 25.0. The number of esters is 1. The van der Waals surface area contributed by atoms with Gasteiger partial charge in [0.05, 0.1) is 41.2 Å². The summed E-state index contributed by atoms with van der Waals surface area (Å²) < 4.78 is 12.6. The van der Waals surface area contributed by atoms with E-state index in [0.717, 1.165) is 58.3 Å². The monoisotopic (exact) mass is 720 g/mol. The number of hydrogen-bond acceptors (Lipinski definition) is 7. The Balaban J connectivity index is 1.47. The van der Waals surface area contributed by atoms with Crippen LogP contribution in [0.5, 0.6) is 0 Å². The lowest BCUT2D eigenvalue weighted by molar-refractivity contribution is -0.144. The molecule has 2 atom stereocenters. The van der Waals surface area contributed by atoms with E-state index in [2.05, 4.69) is 56.1 Å². The van der Waals surface area contributed by atoms with Crippen LogP contribution in [0.1, 0.15) is 124 Å². The Bertz CT molecular complexity index is 1990. The Morgan fingerprint density at radius 2 is 1.57 bits per heavy atom. The fourth-order valence-corrected chi connectivity index (χ4v) is 8.33. The Morgan fingerprint density at radius 3 is 2.13 bits per heavy atom. The molecule has 2 unspecified atom stereocenters. The van der Waals surface area contributed by atoms with E-state index in [1.807, 2.05) is 52.8 Å². The Kier molecular flexibility index (Phi) is 10.6. The van der Waals surface area contributed by atoms with Gasteiger partial charge in [0.1, 0.15) is 5.60 Å². The number of carbonyl (C=O) groups is 3. The zero-order valence-corrected chi connectivity index (χ0v) is 33.1. The average Bonchev–Trinajstić information content (AvgIpc) is 3.47. The maximum atomic E-state index is 14.4. The highest BCUT2D eigenvalue weighted by Gasteiger charge is 2.43. The van der Waals surface area contributed by atoms with E-state index < -0.39 is 17.1 Å². The van der Waals surface area contributed by atoms with Crippen molar-refractivity contribution >= 4 is 28.9 Å². The number of hydrogen-bond donors (Lipinski definition) is 1. The van der Waals surface area contributed by atoms with Crippen molar-refractivity contribution < 1.29 is 23.9 Å². The van der Waals surface area contributed by atoms with Crippen LogP contribution in [-0.4, -0.2) is 64.3 Å². The van der Waals surface area contributed by atoms with Gasteiger partial charge in [0, 0.05) is 30.6 Å². The molecular formula is C44H56N4O5. The van der Waals surface area contributed by atoms with Crippen molar-refractivity contribution in [1.82, 2.24) is 19.8 Å². The summed E-state index contributed by atoms with van der Waals surface area (Å²) >= 11 is 0. The fourth-order valence-electron chi connectivity index (χ4n) is 8.33. The van der Waals surface area contributed by atoms with Crippen LogP contribution < -0.4 is 5.32 Å². The molecule has 53 heavy (non-hydrogen) atoms. The van der Waals surface area contributed by atoms with E-state index in [-0.39, 0.29) is 23.8 Å². The Morgan fingerprint density at radius 1 is 0.925 bits per heavy atom. The molecule has 282 valence electrons. The lowest BCUT2D eigenvalue weighted by atomic mass is 9.77. The van der Waals surface area contributed by atoms with Crippen molar-refractivity contribution in [1.29, 1.82) is 0 Å². The fraction of sp³-hybridized carbons (Fsp3) is 0.500. The summed E-state index contributed by atoms with van der Waals surface area (Å²) in [6.45, 7) is 19.4. The molecule has 2 aliphatic heterocycles. The number of fused-ring (bicyclic) bond motifs is 4. The van der Waals surface area contributed by atoms with Gasteiger partial charge in [-0.3, -0.25) is 9.78 Å². The van der Waals surface area contributed by atoms with Gasteiger partial charge in [-0.15, -0.1) is 0 Å². The number of methoxy groups -OCH3 is 1. The van der Waals surface area contributed by atoms with Crippen LogP contribution in [0.3, 0.4) is 0 Å². The largest absolute Gasteiger partial charge is 0.465 e. The van der Waals surface area contributed by atoms with Gasteiger partial charge in [0.15, 0.2) is 0 Å². The van der Waals surface area contributed by atoms with Crippen LogP contribution in [0, 0.1) is 19.8 Å². The summed E-state index contributed by atoms with van der Waals surface area (Å²) in [6, 6.07) is 16.1. The number of carbonyl (C=O) groups excluding carboxylic acids is 3. The summed E-state index contributed by atoms with van der Waals surface area (Å²) in [5, 5.41) is 4.58. The molecule has 7 rings (SSSR count). The van der Waals surface area contributed by atoms with Crippen LogP contribution in [0.2, 0.25) is 0 Å². The quantitative estimate of drug-likeness (QED) is 0.172. The summed E-state index contributed by atoms with van der Waals surface area (Å²) in [5.41, 5.74) is 6.11. The number of nitrogens with zero attached hydrogens (tertiary/aromatic N) is 3.